The molecule has 0 saturated carbocycles. The topological polar surface area (TPSA) is 63.4 Å². The van der Waals surface area contributed by atoms with Crippen molar-refractivity contribution in [2.24, 2.45) is 5.73 Å². The van der Waals surface area contributed by atoms with Crippen LogP contribution in [-0.2, 0) is 16.1 Å². The molecule has 0 spiro atoms. The first kappa shape index (κ1) is 11.8. The highest BCUT2D eigenvalue weighted by atomic mass is 16.2. The molecule has 1 atom stereocenters. The van der Waals surface area contributed by atoms with Crippen LogP contribution in [-0.4, -0.2) is 22.8 Å². The van der Waals surface area contributed by atoms with Gasteiger partial charge in [-0.3, -0.25) is 14.5 Å². The molecule has 2 rings (SSSR count). The molecule has 1 fully saturated rings. The quantitative estimate of drug-likeness (QED) is 0.773. The van der Waals surface area contributed by atoms with Gasteiger partial charge in [-0.25, -0.2) is 0 Å². The third-order valence-corrected chi connectivity index (χ3v) is 3.14. The molecule has 4 heteroatoms. The number of hydrogen-bond acceptors (Lipinski definition) is 3. The third-order valence-electron chi connectivity index (χ3n) is 3.14. The van der Waals surface area contributed by atoms with Gasteiger partial charge in [0, 0.05) is 6.42 Å². The van der Waals surface area contributed by atoms with Crippen molar-refractivity contribution in [3.05, 3.63) is 35.4 Å². The Morgan fingerprint density at radius 1 is 1.35 bits per heavy atom. The van der Waals surface area contributed by atoms with E-state index in [4.69, 9.17) is 5.73 Å². The van der Waals surface area contributed by atoms with Crippen LogP contribution in [0.25, 0.3) is 0 Å². The number of nitrogens with two attached hydrogens (primary N) is 1. The highest BCUT2D eigenvalue weighted by Gasteiger charge is 2.31. The zero-order valence-electron chi connectivity index (χ0n) is 9.85. The van der Waals surface area contributed by atoms with Crippen LogP contribution in [0, 0.1) is 6.92 Å². The van der Waals surface area contributed by atoms with Crippen LogP contribution < -0.4 is 5.73 Å². The first-order valence-electron chi connectivity index (χ1n) is 5.74. The smallest absolute Gasteiger partial charge is 0.246 e. The number of amides is 2. The summed E-state index contributed by atoms with van der Waals surface area (Å²) in [6.07, 6.45) is 0.820. The molecular weight excluding hydrogens is 216 g/mol. The minimum Gasteiger partial charge on any atom is -0.320 e. The van der Waals surface area contributed by atoms with Crippen LogP contribution >= 0.6 is 0 Å². The summed E-state index contributed by atoms with van der Waals surface area (Å²) in [7, 11) is 0. The summed E-state index contributed by atoms with van der Waals surface area (Å²) in [5, 5.41) is 0. The molecule has 4 nitrogen and oxygen atoms in total. The Kier molecular flexibility index (Phi) is 3.24. The maximum absolute atomic E-state index is 11.8. The van der Waals surface area contributed by atoms with Crippen molar-refractivity contribution in [3.8, 4) is 0 Å². The molecule has 2 amide bonds. The van der Waals surface area contributed by atoms with E-state index in [1.165, 1.54) is 4.90 Å². The predicted octanol–water partition coefficient (Wildman–Crippen LogP) is 0.971. The number of imide groups is 1. The van der Waals surface area contributed by atoms with Gasteiger partial charge in [-0.2, -0.15) is 0 Å². The van der Waals surface area contributed by atoms with Crippen molar-refractivity contribution in [2.45, 2.75) is 32.4 Å². The number of carbonyl (C=O) groups is 2. The zero-order valence-corrected chi connectivity index (χ0v) is 9.85. The van der Waals surface area contributed by atoms with E-state index >= 15 is 0 Å². The van der Waals surface area contributed by atoms with Crippen molar-refractivity contribution in [2.75, 3.05) is 0 Å². The second kappa shape index (κ2) is 4.67. The molecule has 0 aliphatic carbocycles. The molecule has 1 aliphatic heterocycles. The fourth-order valence-corrected chi connectivity index (χ4v) is 1.98. The second-order valence-corrected chi connectivity index (χ2v) is 4.39. The van der Waals surface area contributed by atoms with E-state index in [9.17, 15) is 9.59 Å². The Bertz CT molecular complexity index is 456. The van der Waals surface area contributed by atoms with E-state index < -0.39 is 6.04 Å². The molecule has 1 aromatic carbocycles. The lowest BCUT2D eigenvalue weighted by Crippen LogP contribution is -2.50. The Balaban J connectivity index is 2.20. The number of piperidine rings is 1. The van der Waals surface area contributed by atoms with E-state index in [1.807, 2.05) is 31.2 Å². The summed E-state index contributed by atoms with van der Waals surface area (Å²) in [6.45, 7) is 2.30. The van der Waals surface area contributed by atoms with Gasteiger partial charge in [0.1, 0.15) is 0 Å². The van der Waals surface area contributed by atoms with Gasteiger partial charge in [0.2, 0.25) is 11.8 Å². The Hall–Kier alpha value is -1.68. The fraction of sp³-hybridized carbons (Fsp3) is 0.385. The van der Waals surface area contributed by atoms with Gasteiger partial charge in [0.15, 0.2) is 0 Å². The lowest BCUT2D eigenvalue weighted by molar-refractivity contribution is -0.149. The normalized spacial score (nSPS) is 20.8. The SMILES string of the molecule is Cc1ccccc1CN1C(=O)CCC(N)C1=O. The van der Waals surface area contributed by atoms with E-state index in [-0.39, 0.29) is 11.8 Å². The average molecular weight is 232 g/mol. The van der Waals surface area contributed by atoms with Crippen LogP contribution in [0.1, 0.15) is 24.0 Å². The fourth-order valence-electron chi connectivity index (χ4n) is 1.98. The zero-order chi connectivity index (χ0) is 12.4. The maximum atomic E-state index is 11.8. The van der Waals surface area contributed by atoms with Gasteiger partial charge in [-0.05, 0) is 24.5 Å². The lowest BCUT2D eigenvalue weighted by Gasteiger charge is -2.29. The Morgan fingerprint density at radius 2 is 2.06 bits per heavy atom. The molecule has 1 saturated heterocycles. The molecule has 0 aromatic heterocycles. The van der Waals surface area contributed by atoms with Gasteiger partial charge in [-0.1, -0.05) is 24.3 Å². The number of benzene rings is 1. The summed E-state index contributed by atoms with van der Waals surface area (Å²) < 4.78 is 0. The maximum Gasteiger partial charge on any atom is 0.246 e. The Labute approximate surface area is 100 Å². The number of nitrogens with zero attached hydrogens (tertiary/aromatic N) is 1. The van der Waals surface area contributed by atoms with Gasteiger partial charge in [0.05, 0.1) is 12.6 Å². The number of rotatable bonds is 2. The van der Waals surface area contributed by atoms with E-state index in [0.717, 1.165) is 11.1 Å². The van der Waals surface area contributed by atoms with Crippen molar-refractivity contribution in [1.29, 1.82) is 0 Å². The van der Waals surface area contributed by atoms with Crippen LogP contribution in [0.3, 0.4) is 0 Å². The number of hydrogen-bond donors (Lipinski definition) is 1. The molecule has 90 valence electrons. The largest absolute Gasteiger partial charge is 0.320 e. The van der Waals surface area contributed by atoms with Crippen LogP contribution in [0.5, 0.6) is 0 Å². The first-order valence-corrected chi connectivity index (χ1v) is 5.74. The molecule has 1 aliphatic rings. The van der Waals surface area contributed by atoms with Crippen molar-refractivity contribution in [3.63, 3.8) is 0 Å². The van der Waals surface area contributed by atoms with E-state index in [2.05, 4.69) is 0 Å². The molecular formula is C13H16N2O2. The van der Waals surface area contributed by atoms with Crippen molar-refractivity contribution < 1.29 is 9.59 Å². The predicted molar refractivity (Wildman–Crippen MR) is 63.9 cm³/mol. The minimum atomic E-state index is -0.531. The monoisotopic (exact) mass is 232 g/mol. The number of likely N-dealkylation sites (tertiary alicyclic amines) is 1. The Morgan fingerprint density at radius 3 is 2.76 bits per heavy atom. The van der Waals surface area contributed by atoms with Gasteiger partial charge < -0.3 is 5.73 Å². The highest BCUT2D eigenvalue weighted by molar-refractivity contribution is 6.00. The third kappa shape index (κ3) is 2.36. The number of carbonyl (C=O) groups excluding carboxylic acids is 2. The standard InChI is InChI=1S/C13H16N2O2/c1-9-4-2-3-5-10(9)8-15-12(16)7-6-11(14)13(15)17/h2-5,11H,6-8,14H2,1H3. The van der Waals surface area contributed by atoms with Crippen LogP contribution in [0.2, 0.25) is 0 Å². The molecule has 1 aromatic rings. The second-order valence-electron chi connectivity index (χ2n) is 4.39. The summed E-state index contributed by atoms with van der Waals surface area (Å²) >= 11 is 0. The molecule has 0 radical (unpaired) electrons. The van der Waals surface area contributed by atoms with Crippen molar-refractivity contribution in [1.82, 2.24) is 4.90 Å². The average Bonchev–Trinajstić information content (AvgIpc) is 2.32. The summed E-state index contributed by atoms with van der Waals surface area (Å²) in [5.74, 6) is -0.385. The van der Waals surface area contributed by atoms with Gasteiger partial charge >= 0.3 is 0 Å². The van der Waals surface area contributed by atoms with E-state index in [0.29, 0.717) is 19.4 Å². The first-order chi connectivity index (χ1) is 8.09. The summed E-state index contributed by atoms with van der Waals surface area (Å²) in [6, 6.07) is 7.20. The van der Waals surface area contributed by atoms with E-state index in [1.54, 1.807) is 0 Å². The molecule has 1 unspecified atom stereocenters. The molecule has 1 heterocycles. The molecule has 2 N–H and O–H groups in total. The van der Waals surface area contributed by atoms with Gasteiger partial charge in [-0.15, -0.1) is 0 Å². The molecule has 17 heavy (non-hydrogen) atoms. The van der Waals surface area contributed by atoms with Crippen molar-refractivity contribution >= 4 is 11.8 Å². The summed E-state index contributed by atoms with van der Waals surface area (Å²) in [4.78, 5) is 24.8. The molecule has 0 bridgehead atoms. The van der Waals surface area contributed by atoms with Crippen LogP contribution in [0.15, 0.2) is 24.3 Å². The van der Waals surface area contributed by atoms with Gasteiger partial charge in [0.25, 0.3) is 0 Å². The minimum absolute atomic E-state index is 0.125. The lowest BCUT2D eigenvalue weighted by atomic mass is 10.0. The number of aryl methyl sites for hydroxylation is 1. The highest BCUT2D eigenvalue weighted by Crippen LogP contribution is 2.17. The van der Waals surface area contributed by atoms with Crippen LogP contribution in [0.4, 0.5) is 0 Å². The summed E-state index contributed by atoms with van der Waals surface area (Å²) in [5.41, 5.74) is 7.74.